The second-order valence-electron chi connectivity index (χ2n) is 5.67. The molecule has 0 amide bonds. The average molecular weight is 337 g/mol. The normalized spacial score (nSPS) is 12.7. The lowest BCUT2D eigenvalue weighted by atomic mass is 10.2. The van der Waals surface area contributed by atoms with E-state index in [1.54, 1.807) is 19.2 Å². The van der Waals surface area contributed by atoms with Gasteiger partial charge in [-0.1, -0.05) is 49.0 Å². The van der Waals surface area contributed by atoms with Gasteiger partial charge < -0.3 is 4.74 Å². The fraction of sp³-hybridized carbons (Fsp3) is 0.500. The van der Waals surface area contributed by atoms with E-state index in [1.165, 1.54) is 5.19 Å². The van der Waals surface area contributed by atoms with E-state index in [1.807, 2.05) is 19.1 Å². The number of carbonyl (C=O) groups excluding carboxylic acids is 1. The van der Waals surface area contributed by atoms with Crippen LogP contribution >= 0.6 is 0 Å². The van der Waals surface area contributed by atoms with Gasteiger partial charge in [0, 0.05) is 13.5 Å². The first-order valence-corrected chi connectivity index (χ1v) is 10.6. The molecule has 0 spiro atoms. The van der Waals surface area contributed by atoms with Crippen molar-refractivity contribution in [1.82, 2.24) is 0 Å². The van der Waals surface area contributed by atoms with Gasteiger partial charge in [0.25, 0.3) is 0 Å². The molecule has 5 heteroatoms. The summed E-state index contributed by atoms with van der Waals surface area (Å²) in [6.07, 6.45) is 0.747. The molecule has 0 aliphatic carbocycles. The van der Waals surface area contributed by atoms with E-state index in [9.17, 15) is 4.79 Å². The standard InChI is InChI=1S/C18H28O4Si/c1-6-23(7-2,8-3)17-11-9-16(10-12-17)18(19)22-21-14-13-15(4)20-5/h6,9-12,15H,1,7-8,13-14H2,2-5H3. The summed E-state index contributed by atoms with van der Waals surface area (Å²) in [6, 6.07) is 9.86. The van der Waals surface area contributed by atoms with Gasteiger partial charge in [0.1, 0.15) is 8.07 Å². The van der Waals surface area contributed by atoms with Crippen LogP contribution in [-0.2, 0) is 14.5 Å². The van der Waals surface area contributed by atoms with Gasteiger partial charge >= 0.3 is 5.97 Å². The minimum Gasteiger partial charge on any atom is -0.382 e. The highest BCUT2D eigenvalue weighted by molar-refractivity contribution is 6.95. The highest BCUT2D eigenvalue weighted by Gasteiger charge is 2.27. The maximum absolute atomic E-state index is 11.9. The Morgan fingerprint density at radius 1 is 1.26 bits per heavy atom. The van der Waals surface area contributed by atoms with Gasteiger partial charge in [-0.15, -0.1) is 6.58 Å². The Balaban J connectivity index is 2.62. The van der Waals surface area contributed by atoms with E-state index in [0.717, 1.165) is 12.1 Å². The summed E-state index contributed by atoms with van der Waals surface area (Å²) in [5, 5.41) is 1.30. The molecule has 1 aromatic carbocycles. The summed E-state index contributed by atoms with van der Waals surface area (Å²) in [5.41, 5.74) is 2.62. The molecule has 0 bridgehead atoms. The van der Waals surface area contributed by atoms with Crippen LogP contribution in [0.25, 0.3) is 0 Å². The van der Waals surface area contributed by atoms with Crippen LogP contribution < -0.4 is 5.19 Å². The zero-order valence-electron chi connectivity index (χ0n) is 14.6. The first kappa shape index (κ1) is 19.6. The van der Waals surface area contributed by atoms with E-state index in [4.69, 9.17) is 14.5 Å². The minimum atomic E-state index is -1.63. The third-order valence-electron chi connectivity index (χ3n) is 4.49. The molecule has 0 radical (unpaired) electrons. The topological polar surface area (TPSA) is 44.8 Å². The number of carbonyl (C=O) groups is 1. The van der Waals surface area contributed by atoms with Crippen molar-refractivity contribution in [3.63, 3.8) is 0 Å². The van der Waals surface area contributed by atoms with Crippen molar-refractivity contribution in [2.45, 2.75) is 45.4 Å². The average Bonchev–Trinajstić information content (AvgIpc) is 2.60. The smallest absolute Gasteiger partial charge is 0.373 e. The van der Waals surface area contributed by atoms with Gasteiger partial charge in [-0.2, -0.15) is 4.89 Å². The van der Waals surface area contributed by atoms with E-state index in [-0.39, 0.29) is 6.10 Å². The van der Waals surface area contributed by atoms with Crippen LogP contribution in [0.15, 0.2) is 36.5 Å². The van der Waals surface area contributed by atoms with Crippen molar-refractivity contribution in [1.29, 1.82) is 0 Å². The number of hydrogen-bond donors (Lipinski definition) is 0. The lowest BCUT2D eigenvalue weighted by Gasteiger charge is -2.25. The predicted octanol–water partition coefficient (Wildman–Crippen LogP) is 3.62. The second-order valence-corrected chi connectivity index (χ2v) is 10.4. The minimum absolute atomic E-state index is 0.0769. The second kappa shape index (κ2) is 9.65. The SMILES string of the molecule is C=C[Si](CC)(CC)c1ccc(C(=O)OOCCC(C)OC)cc1. The molecular weight excluding hydrogens is 308 g/mol. The number of rotatable bonds is 10. The van der Waals surface area contributed by atoms with Gasteiger partial charge in [0.15, 0.2) is 0 Å². The Morgan fingerprint density at radius 3 is 2.35 bits per heavy atom. The Hall–Kier alpha value is -1.43. The molecule has 0 aromatic heterocycles. The van der Waals surface area contributed by atoms with E-state index in [0.29, 0.717) is 18.6 Å². The lowest BCUT2D eigenvalue weighted by molar-refractivity contribution is -0.244. The summed E-state index contributed by atoms with van der Waals surface area (Å²) < 4.78 is 5.09. The van der Waals surface area contributed by atoms with Crippen molar-refractivity contribution < 1.29 is 19.3 Å². The lowest BCUT2D eigenvalue weighted by Crippen LogP contribution is -2.44. The molecular formula is C18H28O4Si. The first-order chi connectivity index (χ1) is 11.0. The van der Waals surface area contributed by atoms with Crippen molar-refractivity contribution in [2.24, 2.45) is 0 Å². The van der Waals surface area contributed by atoms with Crippen LogP contribution in [0.4, 0.5) is 0 Å². The summed E-state index contributed by atoms with van der Waals surface area (Å²) in [7, 11) is 0.00372. The third-order valence-corrected chi connectivity index (χ3v) is 9.28. The number of benzene rings is 1. The largest absolute Gasteiger partial charge is 0.382 e. The molecule has 23 heavy (non-hydrogen) atoms. The zero-order valence-corrected chi connectivity index (χ0v) is 15.6. The van der Waals surface area contributed by atoms with E-state index < -0.39 is 14.0 Å². The van der Waals surface area contributed by atoms with Crippen molar-refractivity contribution in [2.75, 3.05) is 13.7 Å². The van der Waals surface area contributed by atoms with Gasteiger partial charge in [-0.05, 0) is 19.1 Å². The van der Waals surface area contributed by atoms with Crippen LogP contribution in [0.1, 0.15) is 37.6 Å². The maximum atomic E-state index is 11.9. The van der Waals surface area contributed by atoms with Crippen molar-refractivity contribution in [3.05, 3.63) is 42.1 Å². The van der Waals surface area contributed by atoms with Gasteiger partial charge in [-0.3, -0.25) is 4.89 Å². The number of hydrogen-bond acceptors (Lipinski definition) is 4. The molecule has 128 valence electrons. The van der Waals surface area contributed by atoms with Crippen LogP contribution in [0.2, 0.25) is 12.1 Å². The first-order valence-electron chi connectivity index (χ1n) is 8.13. The summed E-state index contributed by atoms with van der Waals surface area (Å²) in [6.45, 7) is 10.7. The van der Waals surface area contributed by atoms with Crippen LogP contribution in [-0.4, -0.2) is 33.9 Å². The molecule has 4 nitrogen and oxygen atoms in total. The monoisotopic (exact) mass is 336 g/mol. The summed E-state index contributed by atoms with van der Waals surface area (Å²) in [5.74, 6) is -0.472. The molecule has 0 fully saturated rings. The van der Waals surface area contributed by atoms with E-state index in [2.05, 4.69) is 26.1 Å². The molecule has 1 atom stereocenters. The highest BCUT2D eigenvalue weighted by Crippen LogP contribution is 2.17. The van der Waals surface area contributed by atoms with Crippen molar-refractivity contribution in [3.8, 4) is 0 Å². The fourth-order valence-electron chi connectivity index (χ4n) is 2.48. The molecule has 1 unspecified atom stereocenters. The van der Waals surface area contributed by atoms with Crippen LogP contribution in [0.5, 0.6) is 0 Å². The van der Waals surface area contributed by atoms with Crippen molar-refractivity contribution >= 4 is 19.2 Å². The Bertz CT molecular complexity index is 494. The number of methoxy groups -OCH3 is 1. The third kappa shape index (κ3) is 5.30. The molecule has 0 saturated carbocycles. The summed E-state index contributed by atoms with van der Waals surface area (Å²) >= 11 is 0. The predicted molar refractivity (Wildman–Crippen MR) is 95.4 cm³/mol. The molecule has 0 aliphatic rings. The molecule has 1 rings (SSSR count). The van der Waals surface area contributed by atoms with Crippen LogP contribution in [0.3, 0.4) is 0 Å². The zero-order chi connectivity index (χ0) is 17.3. The van der Waals surface area contributed by atoms with Gasteiger partial charge in [-0.25, -0.2) is 4.79 Å². The molecule has 1 aromatic rings. The van der Waals surface area contributed by atoms with E-state index >= 15 is 0 Å². The van der Waals surface area contributed by atoms with Gasteiger partial charge in [0.2, 0.25) is 0 Å². The number of ether oxygens (including phenoxy) is 1. The molecule has 0 N–H and O–H groups in total. The Labute approximate surface area is 140 Å². The summed E-state index contributed by atoms with van der Waals surface area (Å²) in [4.78, 5) is 21.7. The van der Waals surface area contributed by atoms with Gasteiger partial charge in [0.05, 0.1) is 18.3 Å². The Morgan fingerprint density at radius 2 is 1.87 bits per heavy atom. The molecule has 0 heterocycles. The fourth-order valence-corrected chi connectivity index (χ4v) is 5.44. The molecule has 0 saturated heterocycles. The van der Waals surface area contributed by atoms with Crippen LogP contribution in [0, 0.1) is 0 Å². The maximum Gasteiger partial charge on any atom is 0.373 e. The highest BCUT2D eigenvalue weighted by atomic mass is 28.3. The Kier molecular flexibility index (Phi) is 8.23. The quantitative estimate of drug-likeness (QED) is 0.283. The molecule has 0 aliphatic heterocycles.